The van der Waals surface area contributed by atoms with E-state index in [2.05, 4.69) is 38.1 Å². The summed E-state index contributed by atoms with van der Waals surface area (Å²) in [6.07, 6.45) is 6.76. The normalized spacial score (nSPS) is 10.4. The molecule has 0 aliphatic heterocycles. The summed E-state index contributed by atoms with van der Waals surface area (Å²) < 4.78 is 6.33. The van der Waals surface area contributed by atoms with Gasteiger partial charge < -0.3 is 10.1 Å². The van der Waals surface area contributed by atoms with Crippen molar-refractivity contribution in [2.24, 2.45) is 0 Å². The molecule has 0 fully saturated rings. The number of hydrogen-bond donors (Lipinski definition) is 1. The Morgan fingerprint density at radius 1 is 1.25 bits per heavy atom. The summed E-state index contributed by atoms with van der Waals surface area (Å²) in [5, 5.41) is 3.14. The molecule has 0 bridgehead atoms. The van der Waals surface area contributed by atoms with Crippen molar-refractivity contribution in [1.29, 1.82) is 0 Å². The van der Waals surface area contributed by atoms with Gasteiger partial charge in [-0.3, -0.25) is 0 Å². The summed E-state index contributed by atoms with van der Waals surface area (Å²) in [5.41, 5.74) is 0. The van der Waals surface area contributed by atoms with Crippen molar-refractivity contribution in [3.05, 3.63) is 16.9 Å². The van der Waals surface area contributed by atoms with Crippen LogP contribution in [0.3, 0.4) is 0 Å². The first-order valence-electron chi connectivity index (χ1n) is 5.62. The zero-order valence-corrected chi connectivity index (χ0v) is 11.2. The highest BCUT2D eigenvalue weighted by atomic mass is 79.9. The highest BCUT2D eigenvalue weighted by molar-refractivity contribution is 9.10. The van der Waals surface area contributed by atoms with E-state index < -0.39 is 0 Å². The zero-order valence-electron chi connectivity index (χ0n) is 9.58. The van der Waals surface area contributed by atoms with E-state index in [0.717, 1.165) is 37.1 Å². The number of unbranched alkanes of at least 4 members (excludes halogenated alkanes) is 1. The smallest absolute Gasteiger partial charge is 0.222 e. The van der Waals surface area contributed by atoms with Gasteiger partial charge in [0, 0.05) is 32.2 Å². The van der Waals surface area contributed by atoms with Crippen LogP contribution in [-0.4, -0.2) is 29.7 Å². The Morgan fingerprint density at radius 2 is 1.94 bits per heavy atom. The highest BCUT2D eigenvalue weighted by Crippen LogP contribution is 2.06. The van der Waals surface area contributed by atoms with Crippen LogP contribution in [0, 0.1) is 0 Å². The van der Waals surface area contributed by atoms with Crippen molar-refractivity contribution in [2.75, 3.05) is 25.1 Å². The Bertz CT molecular complexity index is 279. The quantitative estimate of drug-likeness (QED) is 0.747. The molecule has 1 rings (SSSR count). The number of nitrogens with zero attached hydrogens (tertiary/aromatic N) is 2. The molecule has 1 aromatic heterocycles. The van der Waals surface area contributed by atoms with Gasteiger partial charge in [0.25, 0.3) is 0 Å². The predicted octanol–water partition coefficient (Wildman–Crippen LogP) is 2.86. The first kappa shape index (κ1) is 13.4. The molecule has 90 valence electrons. The van der Waals surface area contributed by atoms with Crippen LogP contribution in [0.5, 0.6) is 0 Å². The van der Waals surface area contributed by atoms with Gasteiger partial charge in [-0.25, -0.2) is 9.97 Å². The third kappa shape index (κ3) is 6.02. The van der Waals surface area contributed by atoms with Crippen molar-refractivity contribution in [2.45, 2.75) is 26.2 Å². The van der Waals surface area contributed by atoms with Gasteiger partial charge in [-0.2, -0.15) is 0 Å². The largest absolute Gasteiger partial charge is 0.381 e. The van der Waals surface area contributed by atoms with E-state index in [4.69, 9.17) is 4.74 Å². The summed E-state index contributed by atoms with van der Waals surface area (Å²) in [4.78, 5) is 8.23. The van der Waals surface area contributed by atoms with E-state index in [0.29, 0.717) is 5.95 Å². The van der Waals surface area contributed by atoms with Crippen LogP contribution in [-0.2, 0) is 4.74 Å². The Balaban J connectivity index is 2.01. The van der Waals surface area contributed by atoms with Gasteiger partial charge in [0.2, 0.25) is 5.95 Å². The van der Waals surface area contributed by atoms with Crippen LogP contribution in [0.25, 0.3) is 0 Å². The van der Waals surface area contributed by atoms with Crippen LogP contribution in [0.4, 0.5) is 5.95 Å². The van der Waals surface area contributed by atoms with Crippen molar-refractivity contribution >= 4 is 21.9 Å². The first-order valence-corrected chi connectivity index (χ1v) is 6.41. The lowest BCUT2D eigenvalue weighted by Gasteiger charge is -2.05. The SMILES string of the molecule is CCCCOCCCNc1ncc(Br)cn1. The minimum atomic E-state index is 0.664. The van der Waals surface area contributed by atoms with Gasteiger partial charge in [0.05, 0.1) is 4.47 Å². The zero-order chi connectivity index (χ0) is 11.6. The molecule has 0 spiro atoms. The molecule has 1 heterocycles. The lowest BCUT2D eigenvalue weighted by atomic mass is 10.4. The third-order valence-electron chi connectivity index (χ3n) is 2.01. The Labute approximate surface area is 105 Å². The summed E-state index contributed by atoms with van der Waals surface area (Å²) in [6.45, 7) is 4.67. The van der Waals surface area contributed by atoms with Gasteiger partial charge >= 0.3 is 0 Å². The summed E-state index contributed by atoms with van der Waals surface area (Å²) in [7, 11) is 0. The first-order chi connectivity index (χ1) is 7.83. The van der Waals surface area contributed by atoms with E-state index in [1.54, 1.807) is 12.4 Å². The molecule has 0 radical (unpaired) electrons. The molecule has 5 heteroatoms. The number of aromatic nitrogens is 2. The van der Waals surface area contributed by atoms with Gasteiger partial charge in [0.1, 0.15) is 0 Å². The van der Waals surface area contributed by atoms with Crippen LogP contribution in [0.2, 0.25) is 0 Å². The second-order valence-electron chi connectivity index (χ2n) is 3.47. The fraction of sp³-hybridized carbons (Fsp3) is 0.636. The molecule has 0 aliphatic carbocycles. The minimum Gasteiger partial charge on any atom is -0.381 e. The molecule has 16 heavy (non-hydrogen) atoms. The molecule has 1 N–H and O–H groups in total. The Morgan fingerprint density at radius 3 is 2.62 bits per heavy atom. The third-order valence-corrected chi connectivity index (χ3v) is 2.42. The second kappa shape index (κ2) is 8.47. The highest BCUT2D eigenvalue weighted by Gasteiger charge is 1.94. The van der Waals surface area contributed by atoms with E-state index in [-0.39, 0.29) is 0 Å². The number of rotatable bonds is 8. The number of ether oxygens (including phenoxy) is 1. The molecule has 1 aromatic rings. The maximum absolute atomic E-state index is 5.44. The van der Waals surface area contributed by atoms with Gasteiger partial charge in [-0.15, -0.1) is 0 Å². The average molecular weight is 288 g/mol. The molecule has 0 atom stereocenters. The van der Waals surface area contributed by atoms with Crippen molar-refractivity contribution in [3.63, 3.8) is 0 Å². The fourth-order valence-electron chi connectivity index (χ4n) is 1.13. The van der Waals surface area contributed by atoms with Crippen molar-refractivity contribution < 1.29 is 4.74 Å². The molecule has 4 nitrogen and oxygen atoms in total. The average Bonchev–Trinajstić information content (AvgIpc) is 2.30. The standard InChI is InChI=1S/C11H18BrN3O/c1-2-3-6-16-7-4-5-13-11-14-8-10(12)9-15-11/h8-9H,2-7H2,1H3,(H,13,14,15). The van der Waals surface area contributed by atoms with E-state index in [1.165, 1.54) is 6.42 Å². The number of hydrogen-bond acceptors (Lipinski definition) is 4. The predicted molar refractivity (Wildman–Crippen MR) is 68.6 cm³/mol. The van der Waals surface area contributed by atoms with Gasteiger partial charge in [-0.1, -0.05) is 13.3 Å². The van der Waals surface area contributed by atoms with E-state index >= 15 is 0 Å². The van der Waals surface area contributed by atoms with Crippen LogP contribution in [0.15, 0.2) is 16.9 Å². The summed E-state index contributed by atoms with van der Waals surface area (Å²) >= 11 is 3.29. The van der Waals surface area contributed by atoms with Gasteiger partial charge in [0.15, 0.2) is 0 Å². The molecule has 0 unspecified atom stereocenters. The Hall–Kier alpha value is -0.680. The lowest BCUT2D eigenvalue weighted by molar-refractivity contribution is 0.131. The molecule has 0 aromatic carbocycles. The van der Waals surface area contributed by atoms with Crippen molar-refractivity contribution in [1.82, 2.24) is 9.97 Å². The number of halogens is 1. The summed E-state index contributed by atoms with van der Waals surface area (Å²) in [6, 6.07) is 0. The number of anilines is 1. The van der Waals surface area contributed by atoms with Crippen LogP contribution < -0.4 is 5.32 Å². The van der Waals surface area contributed by atoms with E-state index in [9.17, 15) is 0 Å². The minimum absolute atomic E-state index is 0.664. The lowest BCUT2D eigenvalue weighted by Crippen LogP contribution is -2.08. The molecule has 0 saturated heterocycles. The van der Waals surface area contributed by atoms with E-state index in [1.807, 2.05) is 0 Å². The molecule has 0 amide bonds. The van der Waals surface area contributed by atoms with Gasteiger partial charge in [-0.05, 0) is 28.8 Å². The fourth-order valence-corrected chi connectivity index (χ4v) is 1.33. The Kier molecular flexibility index (Phi) is 7.09. The molecule has 0 aliphatic rings. The van der Waals surface area contributed by atoms with Crippen LogP contribution >= 0.6 is 15.9 Å². The molecule has 0 saturated carbocycles. The van der Waals surface area contributed by atoms with Crippen LogP contribution in [0.1, 0.15) is 26.2 Å². The maximum Gasteiger partial charge on any atom is 0.222 e. The number of nitrogens with one attached hydrogen (secondary N) is 1. The maximum atomic E-state index is 5.44. The molecular formula is C11H18BrN3O. The van der Waals surface area contributed by atoms with Crippen molar-refractivity contribution in [3.8, 4) is 0 Å². The topological polar surface area (TPSA) is 47.0 Å². The monoisotopic (exact) mass is 287 g/mol. The summed E-state index contributed by atoms with van der Waals surface area (Å²) in [5.74, 6) is 0.664. The second-order valence-corrected chi connectivity index (χ2v) is 4.39. The molecular weight excluding hydrogens is 270 g/mol.